The van der Waals surface area contributed by atoms with Crippen LogP contribution in [0.4, 0.5) is 5.69 Å². The highest BCUT2D eigenvalue weighted by atomic mass is 79.9. The van der Waals surface area contributed by atoms with Gasteiger partial charge < -0.3 is 10.4 Å². The van der Waals surface area contributed by atoms with Gasteiger partial charge in [0, 0.05) is 15.7 Å². The normalized spacial score (nSPS) is 12.2. The van der Waals surface area contributed by atoms with Gasteiger partial charge in [-0.2, -0.15) is 0 Å². The van der Waals surface area contributed by atoms with Crippen LogP contribution in [0.5, 0.6) is 5.75 Å². The molecule has 0 aliphatic carbocycles. The fraction of sp³-hybridized carbons (Fsp3) is 0.200. The van der Waals surface area contributed by atoms with E-state index in [1.165, 1.54) is 5.56 Å². The number of benzene rings is 2. The molecule has 0 aliphatic rings. The number of nitrogens with one attached hydrogen (secondary N) is 1. The molecule has 2 N–H and O–H groups in total. The first-order valence-corrected chi connectivity index (χ1v) is 6.68. The number of aromatic hydroxyl groups is 1. The van der Waals surface area contributed by atoms with Crippen molar-refractivity contribution in [3.05, 3.63) is 58.1 Å². The quantitative estimate of drug-likeness (QED) is 0.866. The van der Waals surface area contributed by atoms with Crippen LogP contribution in [-0.4, -0.2) is 5.11 Å². The lowest BCUT2D eigenvalue weighted by molar-refractivity contribution is 0.465. The van der Waals surface area contributed by atoms with Gasteiger partial charge in [0.2, 0.25) is 0 Å². The maximum atomic E-state index is 9.83. The Balaban J connectivity index is 2.24. The maximum absolute atomic E-state index is 9.83. The van der Waals surface area contributed by atoms with E-state index in [9.17, 15) is 5.11 Å². The molecule has 94 valence electrons. The number of halogens is 1. The highest BCUT2D eigenvalue weighted by Gasteiger charge is 2.10. The first-order valence-electron chi connectivity index (χ1n) is 5.88. The summed E-state index contributed by atoms with van der Waals surface area (Å²) in [7, 11) is 0. The summed E-state index contributed by atoms with van der Waals surface area (Å²) >= 11 is 3.47. The molecule has 0 heterocycles. The highest BCUT2D eigenvalue weighted by Crippen LogP contribution is 2.29. The van der Waals surface area contributed by atoms with E-state index >= 15 is 0 Å². The zero-order valence-corrected chi connectivity index (χ0v) is 12.0. The third-order valence-electron chi connectivity index (χ3n) is 2.97. The third-order valence-corrected chi connectivity index (χ3v) is 3.47. The molecule has 3 heteroatoms. The molecule has 0 spiro atoms. The number of aryl methyl sites for hydroxylation is 1. The Labute approximate surface area is 116 Å². The van der Waals surface area contributed by atoms with Gasteiger partial charge >= 0.3 is 0 Å². The molecule has 0 aliphatic heterocycles. The molecule has 2 aromatic carbocycles. The number of rotatable bonds is 3. The number of hydrogen-bond donors (Lipinski definition) is 2. The standard InChI is InChI=1S/C15H16BrNO/c1-10-7-8-12(16)9-14(10)17-11(2)13-5-3-4-6-15(13)18/h3-9,11,17-18H,1-2H3. The van der Waals surface area contributed by atoms with Gasteiger partial charge in [0.05, 0.1) is 6.04 Å². The Morgan fingerprint density at radius 3 is 2.61 bits per heavy atom. The first-order chi connectivity index (χ1) is 8.58. The van der Waals surface area contributed by atoms with Crippen LogP contribution in [0.2, 0.25) is 0 Å². The summed E-state index contributed by atoms with van der Waals surface area (Å²) in [6.07, 6.45) is 0. The van der Waals surface area contributed by atoms with E-state index < -0.39 is 0 Å². The average Bonchev–Trinajstić information content (AvgIpc) is 2.34. The summed E-state index contributed by atoms with van der Waals surface area (Å²) in [6, 6.07) is 13.6. The van der Waals surface area contributed by atoms with Crippen molar-refractivity contribution in [2.75, 3.05) is 5.32 Å². The van der Waals surface area contributed by atoms with Gasteiger partial charge in [-0.25, -0.2) is 0 Å². The summed E-state index contributed by atoms with van der Waals surface area (Å²) in [5.74, 6) is 0.324. The number of phenolic OH excluding ortho intramolecular Hbond substituents is 1. The average molecular weight is 306 g/mol. The van der Waals surface area contributed by atoms with Gasteiger partial charge in [0.15, 0.2) is 0 Å². The van der Waals surface area contributed by atoms with E-state index in [1.807, 2.05) is 37.3 Å². The van der Waals surface area contributed by atoms with E-state index in [2.05, 4.69) is 34.2 Å². The predicted molar refractivity (Wildman–Crippen MR) is 79.0 cm³/mol. The predicted octanol–water partition coefficient (Wildman–Crippen LogP) is 4.64. The van der Waals surface area contributed by atoms with E-state index in [0.29, 0.717) is 5.75 Å². The molecule has 0 aromatic heterocycles. The van der Waals surface area contributed by atoms with Crippen LogP contribution in [0, 0.1) is 6.92 Å². The molecule has 0 amide bonds. The molecule has 0 bridgehead atoms. The topological polar surface area (TPSA) is 32.3 Å². The zero-order valence-electron chi connectivity index (χ0n) is 10.4. The van der Waals surface area contributed by atoms with Gasteiger partial charge in [0.1, 0.15) is 5.75 Å². The van der Waals surface area contributed by atoms with Crippen LogP contribution < -0.4 is 5.32 Å². The molecule has 2 aromatic rings. The van der Waals surface area contributed by atoms with Crippen molar-refractivity contribution in [2.24, 2.45) is 0 Å². The van der Waals surface area contributed by atoms with E-state index in [1.54, 1.807) is 6.07 Å². The molecule has 0 fully saturated rings. The van der Waals surface area contributed by atoms with E-state index in [0.717, 1.165) is 15.7 Å². The molecule has 1 unspecified atom stereocenters. The van der Waals surface area contributed by atoms with Gasteiger partial charge in [-0.15, -0.1) is 0 Å². The molecule has 0 radical (unpaired) electrons. The Kier molecular flexibility index (Phi) is 3.92. The van der Waals surface area contributed by atoms with Crippen molar-refractivity contribution in [1.82, 2.24) is 0 Å². The molecule has 0 saturated heterocycles. The minimum absolute atomic E-state index is 0.0548. The second-order valence-electron chi connectivity index (χ2n) is 4.38. The second kappa shape index (κ2) is 5.44. The lowest BCUT2D eigenvalue weighted by Gasteiger charge is -2.18. The van der Waals surface area contributed by atoms with Gasteiger partial charge in [-0.05, 0) is 37.6 Å². The van der Waals surface area contributed by atoms with Gasteiger partial charge in [0.25, 0.3) is 0 Å². The second-order valence-corrected chi connectivity index (χ2v) is 5.30. The van der Waals surface area contributed by atoms with Crippen molar-refractivity contribution in [3.63, 3.8) is 0 Å². The monoisotopic (exact) mass is 305 g/mol. The van der Waals surface area contributed by atoms with Crippen LogP contribution in [0.3, 0.4) is 0 Å². The van der Waals surface area contributed by atoms with E-state index in [4.69, 9.17) is 0 Å². The SMILES string of the molecule is Cc1ccc(Br)cc1NC(C)c1ccccc1O. The fourth-order valence-electron chi connectivity index (χ4n) is 1.91. The van der Waals surface area contributed by atoms with Gasteiger partial charge in [-0.3, -0.25) is 0 Å². The minimum Gasteiger partial charge on any atom is -0.508 e. The summed E-state index contributed by atoms with van der Waals surface area (Å²) in [4.78, 5) is 0. The zero-order chi connectivity index (χ0) is 13.1. The van der Waals surface area contributed by atoms with Crippen molar-refractivity contribution >= 4 is 21.6 Å². The number of para-hydroxylation sites is 1. The smallest absolute Gasteiger partial charge is 0.120 e. The van der Waals surface area contributed by atoms with E-state index in [-0.39, 0.29) is 6.04 Å². The first kappa shape index (κ1) is 13.0. The van der Waals surface area contributed by atoms with Crippen LogP contribution >= 0.6 is 15.9 Å². The van der Waals surface area contributed by atoms with Crippen molar-refractivity contribution < 1.29 is 5.11 Å². The number of hydrogen-bond acceptors (Lipinski definition) is 2. The third kappa shape index (κ3) is 2.85. The maximum Gasteiger partial charge on any atom is 0.120 e. The molecular weight excluding hydrogens is 290 g/mol. The molecule has 18 heavy (non-hydrogen) atoms. The van der Waals surface area contributed by atoms with Crippen LogP contribution in [0.15, 0.2) is 46.9 Å². The Morgan fingerprint density at radius 2 is 1.89 bits per heavy atom. The summed E-state index contributed by atoms with van der Waals surface area (Å²) in [5, 5.41) is 13.3. The summed E-state index contributed by atoms with van der Waals surface area (Å²) in [5.41, 5.74) is 3.15. The van der Waals surface area contributed by atoms with Gasteiger partial charge in [-0.1, -0.05) is 40.2 Å². The molecular formula is C15H16BrNO. The largest absolute Gasteiger partial charge is 0.508 e. The molecule has 2 rings (SSSR count). The molecule has 1 atom stereocenters. The number of anilines is 1. The van der Waals surface area contributed by atoms with Crippen molar-refractivity contribution in [3.8, 4) is 5.75 Å². The van der Waals surface area contributed by atoms with Crippen molar-refractivity contribution in [2.45, 2.75) is 19.9 Å². The molecule has 0 saturated carbocycles. The molecule has 2 nitrogen and oxygen atoms in total. The van der Waals surface area contributed by atoms with Crippen molar-refractivity contribution in [1.29, 1.82) is 0 Å². The van der Waals surface area contributed by atoms with Crippen LogP contribution in [-0.2, 0) is 0 Å². The number of phenols is 1. The fourth-order valence-corrected chi connectivity index (χ4v) is 2.28. The van der Waals surface area contributed by atoms with Crippen LogP contribution in [0.1, 0.15) is 24.1 Å². The Bertz CT molecular complexity index is 554. The Hall–Kier alpha value is -1.48. The summed E-state index contributed by atoms with van der Waals surface area (Å²) < 4.78 is 1.04. The highest BCUT2D eigenvalue weighted by molar-refractivity contribution is 9.10. The minimum atomic E-state index is 0.0548. The Morgan fingerprint density at radius 1 is 1.17 bits per heavy atom. The van der Waals surface area contributed by atoms with Crippen LogP contribution in [0.25, 0.3) is 0 Å². The lowest BCUT2D eigenvalue weighted by atomic mass is 10.1. The lowest BCUT2D eigenvalue weighted by Crippen LogP contribution is -2.07. The summed E-state index contributed by atoms with van der Waals surface area (Å²) in [6.45, 7) is 4.10.